The van der Waals surface area contributed by atoms with Crippen LogP contribution in [-0.2, 0) is 17.8 Å². The molecule has 1 aliphatic heterocycles. The van der Waals surface area contributed by atoms with Gasteiger partial charge in [-0.15, -0.1) is 0 Å². The fourth-order valence-electron chi connectivity index (χ4n) is 2.22. The van der Waals surface area contributed by atoms with Crippen LogP contribution in [0, 0.1) is 0 Å². The maximum Gasteiger partial charge on any atom is 0.237 e. The van der Waals surface area contributed by atoms with E-state index in [-0.39, 0.29) is 24.6 Å². The fourth-order valence-corrected chi connectivity index (χ4v) is 2.22. The lowest BCUT2D eigenvalue weighted by Crippen LogP contribution is -2.51. The summed E-state index contributed by atoms with van der Waals surface area (Å²) < 4.78 is 0. The zero-order chi connectivity index (χ0) is 13.0. The second-order valence-corrected chi connectivity index (χ2v) is 4.70. The third-order valence-corrected chi connectivity index (χ3v) is 3.46. The molecule has 0 saturated carbocycles. The van der Waals surface area contributed by atoms with E-state index in [4.69, 9.17) is 5.11 Å². The Hall–Kier alpha value is -1.39. The Morgan fingerprint density at radius 2 is 2.22 bits per heavy atom. The van der Waals surface area contributed by atoms with Gasteiger partial charge in [-0.2, -0.15) is 0 Å². The van der Waals surface area contributed by atoms with Crippen molar-refractivity contribution in [3.05, 3.63) is 35.4 Å². The Labute approximate surface area is 107 Å². The minimum absolute atomic E-state index is 0.00839. The van der Waals surface area contributed by atoms with E-state index >= 15 is 0 Å². The van der Waals surface area contributed by atoms with Crippen molar-refractivity contribution < 1.29 is 9.90 Å². The number of nitrogens with one attached hydrogen (secondary N) is 2. The Bertz CT molecular complexity index is 416. The minimum Gasteiger partial charge on any atom is -0.394 e. The van der Waals surface area contributed by atoms with Crippen LogP contribution < -0.4 is 10.6 Å². The lowest BCUT2D eigenvalue weighted by Gasteiger charge is -2.26. The van der Waals surface area contributed by atoms with Crippen LogP contribution in [0.4, 0.5) is 0 Å². The summed E-state index contributed by atoms with van der Waals surface area (Å²) in [5.74, 6) is -0.0228. The molecule has 1 aromatic carbocycles. The lowest BCUT2D eigenvalue weighted by molar-refractivity contribution is -0.124. The monoisotopic (exact) mass is 248 g/mol. The van der Waals surface area contributed by atoms with Crippen LogP contribution in [0.5, 0.6) is 0 Å². The molecular formula is C14H20N2O2. The van der Waals surface area contributed by atoms with E-state index in [0.29, 0.717) is 6.42 Å². The average Bonchev–Trinajstić information content (AvgIpc) is 2.44. The van der Waals surface area contributed by atoms with Gasteiger partial charge >= 0.3 is 0 Å². The second-order valence-electron chi connectivity index (χ2n) is 4.70. The molecule has 0 saturated heterocycles. The highest BCUT2D eigenvalue weighted by atomic mass is 16.3. The molecule has 1 heterocycles. The van der Waals surface area contributed by atoms with E-state index in [2.05, 4.69) is 22.8 Å². The Morgan fingerprint density at radius 3 is 2.89 bits per heavy atom. The van der Waals surface area contributed by atoms with Crippen LogP contribution in [0.3, 0.4) is 0 Å². The third kappa shape index (κ3) is 2.89. The first-order valence-electron chi connectivity index (χ1n) is 6.46. The summed E-state index contributed by atoms with van der Waals surface area (Å²) in [6.45, 7) is 2.67. The van der Waals surface area contributed by atoms with Crippen molar-refractivity contribution in [3.63, 3.8) is 0 Å². The predicted octanol–water partition coefficient (Wildman–Crippen LogP) is 0.588. The Kier molecular flexibility index (Phi) is 4.33. The van der Waals surface area contributed by atoms with Crippen molar-refractivity contribution in [2.24, 2.45) is 0 Å². The predicted molar refractivity (Wildman–Crippen MR) is 70.1 cm³/mol. The summed E-state index contributed by atoms with van der Waals surface area (Å²) in [5.41, 5.74) is 2.49. The minimum atomic E-state index is -0.194. The molecule has 0 fully saturated rings. The molecule has 4 nitrogen and oxygen atoms in total. The van der Waals surface area contributed by atoms with Crippen molar-refractivity contribution >= 4 is 5.91 Å². The summed E-state index contributed by atoms with van der Waals surface area (Å²) in [6.07, 6.45) is 1.45. The van der Waals surface area contributed by atoms with E-state index in [0.717, 1.165) is 13.0 Å². The molecule has 0 radical (unpaired) electrons. The number of hydrogen-bond donors (Lipinski definition) is 3. The number of hydrogen-bond acceptors (Lipinski definition) is 3. The number of fused-ring (bicyclic) bond motifs is 1. The highest BCUT2D eigenvalue weighted by Gasteiger charge is 2.24. The molecule has 1 aromatic rings. The Balaban J connectivity index is 1.98. The van der Waals surface area contributed by atoms with E-state index < -0.39 is 0 Å². The summed E-state index contributed by atoms with van der Waals surface area (Å²) in [7, 11) is 0. The van der Waals surface area contributed by atoms with Crippen LogP contribution in [0.1, 0.15) is 24.5 Å². The number of carbonyl (C=O) groups is 1. The van der Waals surface area contributed by atoms with Gasteiger partial charge < -0.3 is 15.7 Å². The summed E-state index contributed by atoms with van der Waals surface area (Å²) >= 11 is 0. The average molecular weight is 248 g/mol. The highest BCUT2D eigenvalue weighted by molar-refractivity contribution is 5.82. The highest BCUT2D eigenvalue weighted by Crippen LogP contribution is 2.16. The molecule has 4 heteroatoms. The molecule has 98 valence electrons. The number of aliphatic hydroxyl groups is 1. The van der Waals surface area contributed by atoms with Crippen LogP contribution in [0.2, 0.25) is 0 Å². The van der Waals surface area contributed by atoms with Crippen molar-refractivity contribution in [3.8, 4) is 0 Å². The van der Waals surface area contributed by atoms with Gasteiger partial charge in [-0.05, 0) is 24.0 Å². The normalized spacial score (nSPS) is 20.0. The van der Waals surface area contributed by atoms with E-state index in [1.165, 1.54) is 11.1 Å². The lowest BCUT2D eigenvalue weighted by atomic mass is 9.95. The van der Waals surface area contributed by atoms with Gasteiger partial charge in [0.15, 0.2) is 0 Å². The van der Waals surface area contributed by atoms with E-state index in [1.54, 1.807) is 0 Å². The number of amides is 1. The van der Waals surface area contributed by atoms with Gasteiger partial charge in [0.1, 0.15) is 0 Å². The molecule has 1 aliphatic rings. The van der Waals surface area contributed by atoms with Gasteiger partial charge in [-0.25, -0.2) is 0 Å². The molecular weight excluding hydrogens is 228 g/mol. The zero-order valence-electron chi connectivity index (χ0n) is 10.6. The molecule has 18 heavy (non-hydrogen) atoms. The SMILES string of the molecule is CC[C@@H](CO)NC(=O)C1Cc2ccccc2CN1. The van der Waals surface area contributed by atoms with Crippen LogP contribution in [0.15, 0.2) is 24.3 Å². The quantitative estimate of drug-likeness (QED) is 0.731. The fraction of sp³-hybridized carbons (Fsp3) is 0.500. The first kappa shape index (κ1) is 13.1. The molecule has 0 aliphatic carbocycles. The van der Waals surface area contributed by atoms with Crippen LogP contribution in [0.25, 0.3) is 0 Å². The van der Waals surface area contributed by atoms with Crippen molar-refractivity contribution in [2.45, 2.75) is 38.4 Å². The zero-order valence-corrected chi connectivity index (χ0v) is 10.6. The molecule has 2 rings (SSSR count). The van der Waals surface area contributed by atoms with Crippen LogP contribution in [-0.4, -0.2) is 29.7 Å². The molecule has 1 amide bonds. The largest absolute Gasteiger partial charge is 0.394 e. The smallest absolute Gasteiger partial charge is 0.237 e. The van der Waals surface area contributed by atoms with Gasteiger partial charge in [0.05, 0.1) is 18.7 Å². The Morgan fingerprint density at radius 1 is 1.50 bits per heavy atom. The first-order valence-corrected chi connectivity index (χ1v) is 6.46. The topological polar surface area (TPSA) is 61.4 Å². The van der Waals surface area contributed by atoms with Crippen LogP contribution >= 0.6 is 0 Å². The van der Waals surface area contributed by atoms with Gasteiger partial charge in [0.25, 0.3) is 0 Å². The van der Waals surface area contributed by atoms with Gasteiger partial charge in [-0.1, -0.05) is 31.2 Å². The molecule has 0 aromatic heterocycles. The summed E-state index contributed by atoms with van der Waals surface area (Å²) in [4.78, 5) is 12.1. The van der Waals surface area contributed by atoms with Gasteiger partial charge in [0.2, 0.25) is 5.91 Å². The molecule has 1 unspecified atom stereocenters. The molecule has 2 atom stereocenters. The van der Waals surface area contributed by atoms with Crippen molar-refractivity contribution in [1.29, 1.82) is 0 Å². The molecule has 0 spiro atoms. The molecule has 3 N–H and O–H groups in total. The first-order chi connectivity index (χ1) is 8.74. The van der Waals surface area contributed by atoms with E-state index in [9.17, 15) is 4.79 Å². The summed E-state index contributed by atoms with van der Waals surface area (Å²) in [6, 6.07) is 7.83. The number of carbonyl (C=O) groups excluding carboxylic acids is 1. The number of benzene rings is 1. The standard InChI is InChI=1S/C14H20N2O2/c1-2-12(9-17)16-14(18)13-7-10-5-3-4-6-11(10)8-15-13/h3-6,12-13,15,17H,2,7-9H2,1H3,(H,16,18)/t12-,13?/m0/s1. The summed E-state index contributed by atoms with van der Waals surface area (Å²) in [5, 5.41) is 15.2. The maximum absolute atomic E-state index is 12.1. The van der Waals surface area contributed by atoms with Crippen molar-refractivity contribution in [2.75, 3.05) is 6.61 Å². The van der Waals surface area contributed by atoms with E-state index in [1.807, 2.05) is 19.1 Å². The van der Waals surface area contributed by atoms with Gasteiger partial charge in [-0.3, -0.25) is 4.79 Å². The molecule has 0 bridgehead atoms. The number of aliphatic hydroxyl groups excluding tert-OH is 1. The third-order valence-electron chi connectivity index (χ3n) is 3.46. The van der Waals surface area contributed by atoms with Gasteiger partial charge in [0, 0.05) is 6.54 Å². The number of rotatable bonds is 4. The van der Waals surface area contributed by atoms with Crippen molar-refractivity contribution in [1.82, 2.24) is 10.6 Å². The maximum atomic E-state index is 12.1. The second kappa shape index (κ2) is 5.98.